The molecule has 0 atom stereocenters. The van der Waals surface area contributed by atoms with Crippen molar-refractivity contribution in [1.82, 2.24) is 0 Å². The number of alkyl halides is 3. The molecular weight excluding hydrogens is 375 g/mol. The van der Waals surface area contributed by atoms with Crippen LogP contribution in [0, 0.1) is 18.6 Å². The van der Waals surface area contributed by atoms with E-state index in [0.717, 1.165) is 12.1 Å². The summed E-state index contributed by atoms with van der Waals surface area (Å²) in [4.78, 5) is 23.2. The summed E-state index contributed by atoms with van der Waals surface area (Å²) in [5.74, 6) is -4.70. The van der Waals surface area contributed by atoms with Crippen molar-refractivity contribution < 1.29 is 41.0 Å². The van der Waals surface area contributed by atoms with E-state index >= 15 is 0 Å². The Morgan fingerprint density at radius 2 is 1.33 bits per heavy atom. The molecular formula is C18H11F5O4. The van der Waals surface area contributed by atoms with E-state index < -0.39 is 41.1 Å². The Kier molecular flexibility index (Phi) is 5.94. The lowest BCUT2D eigenvalue weighted by Crippen LogP contribution is -2.11. The highest BCUT2D eigenvalue weighted by Crippen LogP contribution is 2.33. The summed E-state index contributed by atoms with van der Waals surface area (Å²) in [7, 11) is 0. The van der Waals surface area contributed by atoms with Crippen molar-refractivity contribution in [2.75, 3.05) is 0 Å². The van der Waals surface area contributed by atoms with Crippen LogP contribution in [-0.4, -0.2) is 11.9 Å². The van der Waals surface area contributed by atoms with Crippen LogP contribution < -0.4 is 9.47 Å². The van der Waals surface area contributed by atoms with Gasteiger partial charge in [-0.1, -0.05) is 0 Å². The van der Waals surface area contributed by atoms with E-state index in [-0.39, 0.29) is 11.3 Å². The van der Waals surface area contributed by atoms with Crippen molar-refractivity contribution in [1.29, 1.82) is 0 Å². The number of hydrogen-bond acceptors (Lipinski definition) is 4. The molecule has 0 aliphatic heterocycles. The summed E-state index contributed by atoms with van der Waals surface area (Å²) in [5.41, 5.74) is -1.36. The van der Waals surface area contributed by atoms with E-state index in [1.54, 1.807) is 0 Å². The van der Waals surface area contributed by atoms with Gasteiger partial charge in [0.05, 0.1) is 5.56 Å². The molecule has 0 saturated heterocycles. The first-order valence-corrected chi connectivity index (χ1v) is 7.31. The fourth-order valence-corrected chi connectivity index (χ4v) is 1.90. The lowest BCUT2D eigenvalue weighted by Gasteiger charge is -2.09. The summed E-state index contributed by atoms with van der Waals surface area (Å²) >= 11 is 0. The third-order valence-corrected chi connectivity index (χ3v) is 3.17. The Balaban J connectivity index is 2.00. The van der Waals surface area contributed by atoms with Crippen LogP contribution in [0.25, 0.3) is 0 Å². The topological polar surface area (TPSA) is 52.6 Å². The highest BCUT2D eigenvalue weighted by atomic mass is 19.4. The number of carbonyl (C=O) groups is 2. The third kappa shape index (κ3) is 5.63. The predicted molar refractivity (Wildman–Crippen MR) is 82.9 cm³/mol. The second kappa shape index (κ2) is 7.98. The Bertz CT molecular complexity index is 903. The first-order valence-electron chi connectivity index (χ1n) is 7.31. The first kappa shape index (κ1) is 20.1. The maximum absolute atomic E-state index is 13.2. The summed E-state index contributed by atoms with van der Waals surface area (Å²) in [6.45, 7) is 1.46. The molecule has 0 aliphatic rings. The normalized spacial score (nSPS) is 11.5. The minimum absolute atomic E-state index is 0.0327. The first-order chi connectivity index (χ1) is 12.6. The second-order valence-corrected chi connectivity index (χ2v) is 5.23. The van der Waals surface area contributed by atoms with Crippen LogP contribution in [-0.2, 0) is 15.8 Å². The number of halogens is 5. The molecule has 2 aromatic rings. The number of esters is 2. The minimum atomic E-state index is -4.96. The van der Waals surface area contributed by atoms with Crippen LogP contribution in [0.4, 0.5) is 22.0 Å². The number of hydrogen-bond donors (Lipinski definition) is 0. The lowest BCUT2D eigenvalue weighted by atomic mass is 10.2. The van der Waals surface area contributed by atoms with Crippen molar-refractivity contribution >= 4 is 11.9 Å². The van der Waals surface area contributed by atoms with Gasteiger partial charge in [0.25, 0.3) is 0 Å². The maximum atomic E-state index is 13.2. The van der Waals surface area contributed by atoms with Crippen LogP contribution in [0.1, 0.15) is 11.1 Å². The van der Waals surface area contributed by atoms with Gasteiger partial charge in [-0.15, -0.1) is 0 Å². The highest BCUT2D eigenvalue weighted by molar-refractivity contribution is 5.93. The zero-order valence-electron chi connectivity index (χ0n) is 13.6. The van der Waals surface area contributed by atoms with Crippen LogP contribution in [0.5, 0.6) is 11.5 Å². The summed E-state index contributed by atoms with van der Waals surface area (Å²) in [5, 5.41) is 0. The molecule has 2 rings (SSSR count). The number of carbonyl (C=O) groups excluding carboxylic acids is 2. The smallest absolute Gasteiger partial charge is 0.419 e. The maximum Gasteiger partial charge on any atom is 0.419 e. The lowest BCUT2D eigenvalue weighted by molar-refractivity contribution is -0.140. The molecule has 9 heteroatoms. The van der Waals surface area contributed by atoms with Crippen molar-refractivity contribution in [2.24, 2.45) is 0 Å². The van der Waals surface area contributed by atoms with Gasteiger partial charge in [0.2, 0.25) is 0 Å². The SMILES string of the molecule is Cc1cc(OC(=O)/C=C/C(=O)Oc2ccc(F)c(C(F)(F)F)c2)ccc1F. The molecule has 0 aromatic heterocycles. The van der Waals surface area contributed by atoms with Crippen molar-refractivity contribution in [2.45, 2.75) is 13.1 Å². The molecule has 0 N–H and O–H groups in total. The van der Waals surface area contributed by atoms with E-state index in [4.69, 9.17) is 4.74 Å². The average molecular weight is 386 g/mol. The average Bonchev–Trinajstić information content (AvgIpc) is 2.57. The van der Waals surface area contributed by atoms with Gasteiger partial charge < -0.3 is 9.47 Å². The van der Waals surface area contributed by atoms with Gasteiger partial charge in [-0.25, -0.2) is 18.4 Å². The van der Waals surface area contributed by atoms with E-state index in [1.807, 2.05) is 0 Å². The molecule has 0 radical (unpaired) electrons. The summed E-state index contributed by atoms with van der Waals surface area (Å²) < 4.78 is 73.5. The van der Waals surface area contributed by atoms with Crippen LogP contribution in [0.2, 0.25) is 0 Å². The predicted octanol–water partition coefficient (Wildman–Crippen LogP) is 4.36. The minimum Gasteiger partial charge on any atom is -0.423 e. The molecule has 0 saturated carbocycles. The molecule has 4 nitrogen and oxygen atoms in total. The second-order valence-electron chi connectivity index (χ2n) is 5.23. The molecule has 2 aromatic carbocycles. The van der Waals surface area contributed by atoms with E-state index in [1.165, 1.54) is 19.1 Å². The van der Waals surface area contributed by atoms with Gasteiger partial charge >= 0.3 is 18.1 Å². The Morgan fingerprint density at radius 3 is 1.81 bits per heavy atom. The molecule has 0 amide bonds. The Morgan fingerprint density at radius 1 is 0.852 bits per heavy atom. The Labute approximate surface area is 149 Å². The quantitative estimate of drug-likeness (QED) is 0.339. The van der Waals surface area contributed by atoms with E-state index in [9.17, 15) is 31.5 Å². The zero-order valence-corrected chi connectivity index (χ0v) is 13.6. The molecule has 0 bridgehead atoms. The fourth-order valence-electron chi connectivity index (χ4n) is 1.90. The number of ether oxygens (including phenoxy) is 2. The highest BCUT2D eigenvalue weighted by Gasteiger charge is 2.34. The van der Waals surface area contributed by atoms with Gasteiger partial charge in [0.15, 0.2) is 0 Å². The third-order valence-electron chi connectivity index (χ3n) is 3.17. The summed E-state index contributed by atoms with van der Waals surface area (Å²) in [6, 6.07) is 5.19. The molecule has 0 spiro atoms. The van der Waals surface area contributed by atoms with Gasteiger partial charge in [-0.05, 0) is 48.9 Å². The molecule has 0 unspecified atom stereocenters. The fraction of sp³-hybridized carbons (Fsp3) is 0.111. The van der Waals surface area contributed by atoms with Crippen LogP contribution in [0.15, 0.2) is 48.6 Å². The number of benzene rings is 2. The van der Waals surface area contributed by atoms with Gasteiger partial charge in [-0.2, -0.15) is 13.2 Å². The summed E-state index contributed by atoms with van der Waals surface area (Å²) in [6.07, 6.45) is -3.66. The number of rotatable bonds is 4. The largest absolute Gasteiger partial charge is 0.423 e. The molecule has 0 fully saturated rings. The van der Waals surface area contributed by atoms with Gasteiger partial charge in [0.1, 0.15) is 23.1 Å². The van der Waals surface area contributed by atoms with Crippen LogP contribution in [0.3, 0.4) is 0 Å². The Hall–Kier alpha value is -3.23. The molecule has 0 heterocycles. The van der Waals surface area contributed by atoms with Crippen molar-refractivity contribution in [3.05, 3.63) is 71.3 Å². The van der Waals surface area contributed by atoms with E-state index in [0.29, 0.717) is 24.3 Å². The van der Waals surface area contributed by atoms with E-state index in [2.05, 4.69) is 4.74 Å². The molecule has 0 aliphatic carbocycles. The van der Waals surface area contributed by atoms with Gasteiger partial charge in [0, 0.05) is 12.2 Å². The molecule has 142 valence electrons. The van der Waals surface area contributed by atoms with Crippen molar-refractivity contribution in [3.8, 4) is 11.5 Å². The van der Waals surface area contributed by atoms with Crippen LogP contribution >= 0.6 is 0 Å². The van der Waals surface area contributed by atoms with Crippen molar-refractivity contribution in [3.63, 3.8) is 0 Å². The standard InChI is InChI=1S/C18H11F5O4/c1-10-8-11(2-4-14(10)19)26-16(24)6-7-17(25)27-12-3-5-15(20)13(9-12)18(21,22)23/h2-9H,1H3/b7-6+. The number of aryl methyl sites for hydroxylation is 1. The molecule has 27 heavy (non-hydrogen) atoms. The van der Waals surface area contributed by atoms with Gasteiger partial charge in [-0.3, -0.25) is 0 Å². The zero-order chi connectivity index (χ0) is 20.2. The monoisotopic (exact) mass is 386 g/mol.